The van der Waals surface area contributed by atoms with E-state index >= 15 is 0 Å². The average Bonchev–Trinajstić information content (AvgIpc) is 3.22. The van der Waals surface area contributed by atoms with Crippen molar-refractivity contribution in [2.45, 2.75) is 38.1 Å². The minimum atomic E-state index is -3.23. The van der Waals surface area contributed by atoms with Crippen LogP contribution in [-0.2, 0) is 20.2 Å². The van der Waals surface area contributed by atoms with Gasteiger partial charge in [-0.05, 0) is 30.2 Å². The molecule has 2 fully saturated rings. The molecule has 1 amide bonds. The van der Waals surface area contributed by atoms with Gasteiger partial charge in [0.05, 0.1) is 11.7 Å². The quantitative estimate of drug-likeness (QED) is 0.880. The molecule has 2 atom stereocenters. The topological polar surface area (TPSA) is 66.5 Å². The van der Waals surface area contributed by atoms with E-state index in [2.05, 4.69) is 19.2 Å². The minimum Gasteiger partial charge on any atom is -0.351 e. The zero-order valence-electron chi connectivity index (χ0n) is 14.5. The van der Waals surface area contributed by atoms with Crippen LogP contribution in [0.4, 0.5) is 0 Å². The van der Waals surface area contributed by atoms with Crippen LogP contribution in [0.3, 0.4) is 0 Å². The summed E-state index contributed by atoms with van der Waals surface area (Å²) in [6.45, 7) is 5.03. The highest BCUT2D eigenvalue weighted by Crippen LogP contribution is 2.48. The van der Waals surface area contributed by atoms with Gasteiger partial charge < -0.3 is 5.32 Å². The number of amides is 1. The lowest BCUT2D eigenvalue weighted by Crippen LogP contribution is -2.46. The van der Waals surface area contributed by atoms with Crippen molar-refractivity contribution < 1.29 is 13.2 Å². The lowest BCUT2D eigenvalue weighted by Gasteiger charge is -2.25. The second-order valence-corrected chi connectivity index (χ2v) is 9.50. The van der Waals surface area contributed by atoms with Gasteiger partial charge in [-0.2, -0.15) is 4.31 Å². The second-order valence-electron chi connectivity index (χ2n) is 7.52. The molecule has 6 heteroatoms. The molecule has 1 N–H and O–H groups in total. The van der Waals surface area contributed by atoms with Crippen LogP contribution < -0.4 is 5.32 Å². The summed E-state index contributed by atoms with van der Waals surface area (Å²) in [7, 11) is -3.23. The Hall–Kier alpha value is -1.40. The number of benzene rings is 1. The SMILES string of the molecule is CC(C)[C@H]1CN(S(C)(=O)=O)C[C@@H]1NC(=O)C1(c2ccccc2)CC1. The number of hydrogen-bond donors (Lipinski definition) is 1. The van der Waals surface area contributed by atoms with Gasteiger partial charge in [0.15, 0.2) is 0 Å². The zero-order valence-corrected chi connectivity index (χ0v) is 15.3. The third-order valence-corrected chi connectivity index (χ3v) is 6.72. The molecule has 24 heavy (non-hydrogen) atoms. The van der Waals surface area contributed by atoms with E-state index in [9.17, 15) is 13.2 Å². The highest BCUT2D eigenvalue weighted by molar-refractivity contribution is 7.88. The third-order valence-electron chi connectivity index (χ3n) is 5.48. The molecule has 3 rings (SSSR count). The Morgan fingerprint density at radius 3 is 2.33 bits per heavy atom. The molecule has 1 aliphatic carbocycles. The molecule has 132 valence electrons. The number of rotatable bonds is 5. The van der Waals surface area contributed by atoms with Crippen LogP contribution in [0.2, 0.25) is 0 Å². The zero-order chi connectivity index (χ0) is 17.5. The molecule has 1 aliphatic heterocycles. The molecular formula is C18H26N2O3S. The molecule has 0 aromatic heterocycles. The Bertz CT molecular complexity index is 711. The van der Waals surface area contributed by atoms with E-state index in [0.717, 1.165) is 18.4 Å². The van der Waals surface area contributed by atoms with Gasteiger partial charge in [-0.3, -0.25) is 4.79 Å². The van der Waals surface area contributed by atoms with Crippen molar-refractivity contribution in [2.24, 2.45) is 11.8 Å². The Morgan fingerprint density at radius 1 is 1.21 bits per heavy atom. The number of sulfonamides is 1. The molecule has 0 bridgehead atoms. The van der Waals surface area contributed by atoms with Crippen molar-refractivity contribution in [3.05, 3.63) is 35.9 Å². The van der Waals surface area contributed by atoms with Crippen LogP contribution in [0.15, 0.2) is 30.3 Å². The maximum Gasteiger partial charge on any atom is 0.230 e. The van der Waals surface area contributed by atoms with Crippen LogP contribution in [0.25, 0.3) is 0 Å². The van der Waals surface area contributed by atoms with Gasteiger partial charge in [-0.1, -0.05) is 44.2 Å². The number of nitrogens with zero attached hydrogens (tertiary/aromatic N) is 1. The number of nitrogens with one attached hydrogen (secondary N) is 1. The van der Waals surface area contributed by atoms with E-state index in [0.29, 0.717) is 19.0 Å². The highest BCUT2D eigenvalue weighted by atomic mass is 32.2. The van der Waals surface area contributed by atoms with Crippen molar-refractivity contribution in [2.75, 3.05) is 19.3 Å². The average molecular weight is 350 g/mol. The molecule has 5 nitrogen and oxygen atoms in total. The van der Waals surface area contributed by atoms with Gasteiger partial charge in [0.25, 0.3) is 0 Å². The Kier molecular flexibility index (Phi) is 4.47. The van der Waals surface area contributed by atoms with Crippen LogP contribution >= 0.6 is 0 Å². The fraction of sp³-hybridized carbons (Fsp3) is 0.611. The van der Waals surface area contributed by atoms with Gasteiger partial charge in [-0.25, -0.2) is 8.42 Å². The van der Waals surface area contributed by atoms with Crippen molar-refractivity contribution >= 4 is 15.9 Å². The predicted octanol–water partition coefficient (Wildman–Crippen LogP) is 1.75. The van der Waals surface area contributed by atoms with E-state index in [1.165, 1.54) is 10.6 Å². The number of carbonyl (C=O) groups is 1. The summed E-state index contributed by atoms with van der Waals surface area (Å²) in [5, 5.41) is 3.17. The lowest BCUT2D eigenvalue weighted by atomic mass is 9.89. The van der Waals surface area contributed by atoms with Crippen LogP contribution in [0.5, 0.6) is 0 Å². The van der Waals surface area contributed by atoms with Crippen molar-refractivity contribution in [3.63, 3.8) is 0 Å². The van der Waals surface area contributed by atoms with Gasteiger partial charge in [0.2, 0.25) is 15.9 Å². The summed E-state index contributed by atoms with van der Waals surface area (Å²) in [6.07, 6.45) is 2.95. The Balaban J connectivity index is 1.76. The number of hydrogen-bond acceptors (Lipinski definition) is 3. The smallest absolute Gasteiger partial charge is 0.230 e. The van der Waals surface area contributed by atoms with Crippen LogP contribution in [-0.4, -0.2) is 44.0 Å². The van der Waals surface area contributed by atoms with E-state index in [-0.39, 0.29) is 17.9 Å². The first-order valence-corrected chi connectivity index (χ1v) is 10.4. The maximum absolute atomic E-state index is 12.9. The van der Waals surface area contributed by atoms with Gasteiger partial charge in [-0.15, -0.1) is 0 Å². The molecule has 0 radical (unpaired) electrons. The Labute approximate surface area is 144 Å². The largest absolute Gasteiger partial charge is 0.351 e. The second kappa shape index (κ2) is 6.15. The van der Waals surface area contributed by atoms with Gasteiger partial charge >= 0.3 is 0 Å². The first-order chi connectivity index (χ1) is 11.2. The molecule has 2 aliphatic rings. The van der Waals surface area contributed by atoms with Crippen molar-refractivity contribution in [3.8, 4) is 0 Å². The fourth-order valence-electron chi connectivity index (χ4n) is 3.73. The molecular weight excluding hydrogens is 324 g/mol. The molecule has 0 unspecified atom stereocenters. The first-order valence-electron chi connectivity index (χ1n) is 8.56. The normalized spacial score (nSPS) is 26.5. The lowest BCUT2D eigenvalue weighted by molar-refractivity contribution is -0.124. The minimum absolute atomic E-state index is 0.0414. The fourth-order valence-corrected chi connectivity index (χ4v) is 4.60. The standard InChI is InChI=1S/C18H26N2O3S/c1-13(2)15-11-20(24(3,22)23)12-16(15)19-17(21)18(9-10-18)14-7-5-4-6-8-14/h4-8,13,15-16H,9-12H2,1-3H3,(H,19,21)/t15-,16+/m1/s1. The van der Waals surface area contributed by atoms with Crippen LogP contribution in [0.1, 0.15) is 32.3 Å². The highest BCUT2D eigenvalue weighted by Gasteiger charge is 2.52. The molecule has 0 spiro atoms. The summed E-state index contributed by atoms with van der Waals surface area (Å²) < 4.78 is 25.2. The van der Waals surface area contributed by atoms with Crippen molar-refractivity contribution in [1.82, 2.24) is 9.62 Å². The van der Waals surface area contributed by atoms with Crippen LogP contribution in [0, 0.1) is 11.8 Å². The van der Waals surface area contributed by atoms with Gasteiger partial charge in [0, 0.05) is 19.1 Å². The van der Waals surface area contributed by atoms with Crippen molar-refractivity contribution in [1.29, 1.82) is 0 Å². The maximum atomic E-state index is 12.9. The molecule has 1 aromatic carbocycles. The van der Waals surface area contributed by atoms with E-state index in [1.54, 1.807) is 0 Å². The van der Waals surface area contributed by atoms with E-state index in [1.807, 2.05) is 30.3 Å². The Morgan fingerprint density at radius 2 is 1.83 bits per heavy atom. The third kappa shape index (κ3) is 3.22. The first kappa shape index (κ1) is 17.4. The molecule has 1 saturated carbocycles. The van der Waals surface area contributed by atoms with E-state index < -0.39 is 15.4 Å². The number of carbonyl (C=O) groups excluding carboxylic acids is 1. The summed E-state index contributed by atoms with van der Waals surface area (Å²) >= 11 is 0. The summed E-state index contributed by atoms with van der Waals surface area (Å²) in [5.41, 5.74) is 0.642. The summed E-state index contributed by atoms with van der Waals surface area (Å²) in [6, 6.07) is 9.76. The summed E-state index contributed by atoms with van der Waals surface area (Å²) in [5.74, 6) is 0.504. The molecule has 1 aromatic rings. The van der Waals surface area contributed by atoms with E-state index in [4.69, 9.17) is 0 Å². The monoisotopic (exact) mass is 350 g/mol. The molecule has 1 saturated heterocycles. The summed E-state index contributed by atoms with van der Waals surface area (Å²) in [4.78, 5) is 12.9. The predicted molar refractivity (Wildman–Crippen MR) is 94.0 cm³/mol. The molecule has 1 heterocycles. The van der Waals surface area contributed by atoms with Gasteiger partial charge in [0.1, 0.15) is 0 Å².